The fourth-order valence-electron chi connectivity index (χ4n) is 1.81. The number of rotatable bonds is 8. The molecule has 2 nitrogen and oxygen atoms in total. The van der Waals surface area contributed by atoms with Gasteiger partial charge in [-0.2, -0.15) is 0 Å². The van der Waals surface area contributed by atoms with E-state index < -0.39 is 0 Å². The van der Waals surface area contributed by atoms with Crippen molar-refractivity contribution in [2.45, 2.75) is 39.2 Å². The molecule has 1 unspecified atom stereocenters. The standard InChI is InChI=1S/C14H22ClNO/c1-3-12(16-4-2)8-7-11-17-14-10-6-5-9-13(14)15/h5-6,9-10,12,16H,3-4,7-8,11H2,1-2H3. The number of ether oxygens (including phenoxy) is 1. The van der Waals surface area contributed by atoms with E-state index in [1.165, 1.54) is 6.42 Å². The quantitative estimate of drug-likeness (QED) is 0.712. The molecule has 0 radical (unpaired) electrons. The van der Waals surface area contributed by atoms with Crippen LogP contribution in [0.25, 0.3) is 0 Å². The maximum atomic E-state index is 6.01. The van der Waals surface area contributed by atoms with Crippen molar-refractivity contribution in [3.63, 3.8) is 0 Å². The Bertz CT molecular complexity index is 317. The van der Waals surface area contributed by atoms with Crippen molar-refractivity contribution in [2.24, 2.45) is 0 Å². The van der Waals surface area contributed by atoms with Gasteiger partial charge in [-0.15, -0.1) is 0 Å². The second kappa shape index (κ2) is 8.37. The van der Waals surface area contributed by atoms with Crippen LogP contribution in [0, 0.1) is 0 Å². The Kier molecular flexibility index (Phi) is 7.06. The first kappa shape index (κ1) is 14.3. The van der Waals surface area contributed by atoms with Gasteiger partial charge in [-0.1, -0.05) is 37.6 Å². The average molecular weight is 256 g/mol. The maximum absolute atomic E-state index is 6.01. The Morgan fingerprint density at radius 3 is 2.71 bits per heavy atom. The van der Waals surface area contributed by atoms with Gasteiger partial charge in [0.2, 0.25) is 0 Å². The summed E-state index contributed by atoms with van der Waals surface area (Å²) in [7, 11) is 0. The lowest BCUT2D eigenvalue weighted by Gasteiger charge is -2.15. The minimum absolute atomic E-state index is 0.606. The highest BCUT2D eigenvalue weighted by molar-refractivity contribution is 6.32. The van der Waals surface area contributed by atoms with Crippen LogP contribution in [0.3, 0.4) is 0 Å². The van der Waals surface area contributed by atoms with Gasteiger partial charge in [0.1, 0.15) is 5.75 Å². The summed E-state index contributed by atoms with van der Waals surface area (Å²) in [6.07, 6.45) is 3.37. The minimum Gasteiger partial charge on any atom is -0.492 e. The molecule has 1 N–H and O–H groups in total. The van der Waals surface area contributed by atoms with Gasteiger partial charge in [0, 0.05) is 6.04 Å². The molecule has 0 spiro atoms. The zero-order chi connectivity index (χ0) is 12.5. The van der Waals surface area contributed by atoms with Crippen molar-refractivity contribution in [1.82, 2.24) is 5.32 Å². The third-order valence-electron chi connectivity index (χ3n) is 2.78. The first-order valence-electron chi connectivity index (χ1n) is 6.38. The lowest BCUT2D eigenvalue weighted by Crippen LogP contribution is -2.28. The Labute approximate surface area is 109 Å². The topological polar surface area (TPSA) is 21.3 Å². The molecule has 0 amide bonds. The van der Waals surface area contributed by atoms with Gasteiger partial charge >= 0.3 is 0 Å². The molecule has 0 saturated carbocycles. The first-order valence-corrected chi connectivity index (χ1v) is 6.76. The number of para-hydroxylation sites is 1. The second-order valence-corrected chi connectivity index (χ2v) is 4.49. The molecule has 1 atom stereocenters. The Morgan fingerprint density at radius 1 is 1.29 bits per heavy atom. The summed E-state index contributed by atoms with van der Waals surface area (Å²) in [4.78, 5) is 0. The molecular weight excluding hydrogens is 234 g/mol. The highest BCUT2D eigenvalue weighted by Crippen LogP contribution is 2.23. The van der Waals surface area contributed by atoms with E-state index in [1.807, 2.05) is 24.3 Å². The van der Waals surface area contributed by atoms with Gasteiger partial charge in [0.05, 0.1) is 11.6 Å². The molecule has 0 aromatic heterocycles. The highest BCUT2D eigenvalue weighted by Gasteiger charge is 2.04. The fourth-order valence-corrected chi connectivity index (χ4v) is 2.00. The van der Waals surface area contributed by atoms with E-state index in [2.05, 4.69) is 19.2 Å². The lowest BCUT2D eigenvalue weighted by atomic mass is 10.1. The number of benzene rings is 1. The normalized spacial score (nSPS) is 12.4. The first-order chi connectivity index (χ1) is 8.27. The van der Waals surface area contributed by atoms with E-state index in [1.54, 1.807) is 0 Å². The minimum atomic E-state index is 0.606. The van der Waals surface area contributed by atoms with Crippen LogP contribution in [-0.2, 0) is 0 Å². The number of halogens is 1. The van der Waals surface area contributed by atoms with Crippen LogP contribution in [0.2, 0.25) is 5.02 Å². The van der Waals surface area contributed by atoms with Crippen LogP contribution in [0.15, 0.2) is 24.3 Å². The van der Waals surface area contributed by atoms with Gasteiger partial charge in [0.25, 0.3) is 0 Å². The number of hydrogen-bond acceptors (Lipinski definition) is 2. The average Bonchev–Trinajstić information content (AvgIpc) is 2.35. The van der Waals surface area contributed by atoms with Crippen molar-refractivity contribution in [3.8, 4) is 5.75 Å². The summed E-state index contributed by atoms with van der Waals surface area (Å²) >= 11 is 6.01. The van der Waals surface area contributed by atoms with Crippen LogP contribution in [0.4, 0.5) is 0 Å². The maximum Gasteiger partial charge on any atom is 0.137 e. The second-order valence-electron chi connectivity index (χ2n) is 4.08. The van der Waals surface area contributed by atoms with Crippen LogP contribution in [0.5, 0.6) is 5.75 Å². The highest BCUT2D eigenvalue weighted by atomic mass is 35.5. The zero-order valence-corrected chi connectivity index (χ0v) is 11.5. The largest absolute Gasteiger partial charge is 0.492 e. The molecular formula is C14H22ClNO. The van der Waals surface area contributed by atoms with Crippen molar-refractivity contribution in [3.05, 3.63) is 29.3 Å². The molecule has 0 aliphatic heterocycles. The van der Waals surface area contributed by atoms with Gasteiger partial charge in [-0.05, 0) is 37.9 Å². The predicted molar refractivity (Wildman–Crippen MR) is 73.9 cm³/mol. The lowest BCUT2D eigenvalue weighted by molar-refractivity contribution is 0.295. The van der Waals surface area contributed by atoms with E-state index in [-0.39, 0.29) is 0 Å². The van der Waals surface area contributed by atoms with Gasteiger partial charge in [-0.3, -0.25) is 0 Å². The SMILES string of the molecule is CCNC(CC)CCCOc1ccccc1Cl. The van der Waals surface area contributed by atoms with Crippen molar-refractivity contribution < 1.29 is 4.74 Å². The van der Waals surface area contributed by atoms with Gasteiger partial charge in [-0.25, -0.2) is 0 Å². The summed E-state index contributed by atoms with van der Waals surface area (Å²) in [6, 6.07) is 8.21. The molecule has 3 heteroatoms. The Hall–Kier alpha value is -0.730. The smallest absolute Gasteiger partial charge is 0.137 e. The number of hydrogen-bond donors (Lipinski definition) is 1. The van der Waals surface area contributed by atoms with E-state index in [4.69, 9.17) is 16.3 Å². The molecule has 0 heterocycles. The molecule has 1 aromatic rings. The molecule has 0 saturated heterocycles. The summed E-state index contributed by atoms with van der Waals surface area (Å²) < 4.78 is 5.65. The van der Waals surface area contributed by atoms with Crippen LogP contribution < -0.4 is 10.1 Å². The molecule has 0 bridgehead atoms. The van der Waals surface area contributed by atoms with E-state index in [9.17, 15) is 0 Å². The van der Waals surface area contributed by atoms with Crippen LogP contribution in [-0.4, -0.2) is 19.2 Å². The third-order valence-corrected chi connectivity index (χ3v) is 3.09. The van der Waals surface area contributed by atoms with E-state index in [0.29, 0.717) is 11.1 Å². The molecule has 17 heavy (non-hydrogen) atoms. The van der Waals surface area contributed by atoms with Crippen molar-refractivity contribution >= 4 is 11.6 Å². The molecule has 1 aromatic carbocycles. The van der Waals surface area contributed by atoms with Crippen LogP contribution in [0.1, 0.15) is 33.1 Å². The monoisotopic (exact) mass is 255 g/mol. The molecule has 96 valence electrons. The molecule has 0 aliphatic carbocycles. The van der Waals surface area contributed by atoms with Crippen LogP contribution >= 0.6 is 11.6 Å². The molecule has 0 aliphatic rings. The summed E-state index contributed by atoms with van der Waals surface area (Å²) in [6.45, 7) is 6.11. The fraction of sp³-hybridized carbons (Fsp3) is 0.571. The third kappa shape index (κ3) is 5.42. The Balaban J connectivity index is 2.22. The summed E-state index contributed by atoms with van der Waals surface area (Å²) in [5.41, 5.74) is 0. The van der Waals surface area contributed by atoms with Gasteiger partial charge < -0.3 is 10.1 Å². The van der Waals surface area contributed by atoms with E-state index in [0.717, 1.165) is 31.7 Å². The van der Waals surface area contributed by atoms with Gasteiger partial charge in [0.15, 0.2) is 0 Å². The molecule has 0 fully saturated rings. The predicted octanol–water partition coefficient (Wildman–Crippen LogP) is 3.89. The summed E-state index contributed by atoms with van der Waals surface area (Å²) in [5, 5.41) is 4.15. The number of nitrogens with one attached hydrogen (secondary N) is 1. The zero-order valence-electron chi connectivity index (χ0n) is 10.7. The van der Waals surface area contributed by atoms with Crippen molar-refractivity contribution in [2.75, 3.05) is 13.2 Å². The molecule has 1 rings (SSSR count). The van der Waals surface area contributed by atoms with Crippen molar-refractivity contribution in [1.29, 1.82) is 0 Å². The van der Waals surface area contributed by atoms with E-state index >= 15 is 0 Å². The Morgan fingerprint density at radius 2 is 2.06 bits per heavy atom. The summed E-state index contributed by atoms with van der Waals surface area (Å²) in [5.74, 6) is 0.783.